The molecule has 0 amide bonds. The van der Waals surface area contributed by atoms with Gasteiger partial charge in [0.05, 0.1) is 18.0 Å². The second kappa shape index (κ2) is 5.74. The summed E-state index contributed by atoms with van der Waals surface area (Å²) < 4.78 is 0. The number of nitrogens with one attached hydrogen (secondary N) is 1. The molecule has 4 heteroatoms. The first-order valence-corrected chi connectivity index (χ1v) is 5.67. The predicted octanol–water partition coefficient (Wildman–Crippen LogP) is 2.49. The van der Waals surface area contributed by atoms with Crippen molar-refractivity contribution in [3.63, 3.8) is 0 Å². The lowest BCUT2D eigenvalue weighted by Crippen LogP contribution is -2.30. The third kappa shape index (κ3) is 3.09. The molecule has 1 rings (SSSR count). The van der Waals surface area contributed by atoms with Crippen molar-refractivity contribution in [2.75, 3.05) is 0 Å². The molecule has 2 atom stereocenters. The number of thiazole rings is 1. The Kier molecular flexibility index (Phi) is 4.57. The van der Waals surface area contributed by atoms with Crippen LogP contribution >= 0.6 is 11.3 Å². The zero-order valence-corrected chi connectivity index (χ0v) is 9.34. The van der Waals surface area contributed by atoms with Gasteiger partial charge in [-0.15, -0.1) is 11.3 Å². The summed E-state index contributed by atoms with van der Waals surface area (Å²) >= 11 is 1.65. The minimum absolute atomic E-state index is 0.289. The lowest BCUT2D eigenvalue weighted by Gasteiger charge is -2.18. The van der Waals surface area contributed by atoms with Crippen LogP contribution in [-0.2, 0) is 0 Å². The van der Waals surface area contributed by atoms with E-state index in [9.17, 15) is 0 Å². The van der Waals surface area contributed by atoms with E-state index in [-0.39, 0.29) is 6.04 Å². The van der Waals surface area contributed by atoms with E-state index in [1.807, 2.05) is 11.7 Å². The normalized spacial score (nSPS) is 14.6. The van der Waals surface area contributed by atoms with Gasteiger partial charge < -0.3 is 5.32 Å². The largest absolute Gasteiger partial charge is 0.306 e. The van der Waals surface area contributed by atoms with Gasteiger partial charge in [-0.1, -0.05) is 6.92 Å². The third-order valence-electron chi connectivity index (χ3n) is 2.19. The molecule has 0 saturated carbocycles. The van der Waals surface area contributed by atoms with Crippen LogP contribution in [0.1, 0.15) is 37.6 Å². The monoisotopic (exact) mass is 209 g/mol. The van der Waals surface area contributed by atoms with Crippen LogP contribution in [0.4, 0.5) is 0 Å². The van der Waals surface area contributed by atoms with Gasteiger partial charge in [0.2, 0.25) is 0 Å². The molecule has 1 aromatic rings. The molecule has 0 spiro atoms. The van der Waals surface area contributed by atoms with Crippen molar-refractivity contribution in [2.45, 2.75) is 38.8 Å². The van der Waals surface area contributed by atoms with E-state index in [2.05, 4.69) is 30.2 Å². The molecule has 0 bridgehead atoms. The van der Waals surface area contributed by atoms with Gasteiger partial charge >= 0.3 is 0 Å². The fourth-order valence-corrected chi connectivity index (χ4v) is 1.94. The van der Waals surface area contributed by atoms with Gasteiger partial charge in [-0.3, -0.25) is 4.98 Å². The average molecular weight is 209 g/mol. The molecule has 0 aliphatic heterocycles. The van der Waals surface area contributed by atoms with Crippen LogP contribution in [-0.4, -0.2) is 11.0 Å². The van der Waals surface area contributed by atoms with Gasteiger partial charge in [-0.2, -0.15) is 5.26 Å². The van der Waals surface area contributed by atoms with Crippen LogP contribution in [0.25, 0.3) is 0 Å². The molecule has 0 aliphatic carbocycles. The second-order valence-electron chi connectivity index (χ2n) is 3.26. The van der Waals surface area contributed by atoms with Crippen LogP contribution in [0.5, 0.6) is 0 Å². The molecule has 0 aliphatic rings. The molecule has 3 nitrogen and oxygen atoms in total. The molecule has 1 N–H and O–H groups in total. The van der Waals surface area contributed by atoms with Crippen molar-refractivity contribution in [2.24, 2.45) is 0 Å². The standard InChI is InChI=1S/C10H15N3S/c1-3-9(4-5-11)13-8(2)10-6-12-7-14-10/h6-9,13H,3-4H2,1-2H3. The third-order valence-corrected chi connectivity index (χ3v) is 3.15. The second-order valence-corrected chi connectivity index (χ2v) is 4.18. The summed E-state index contributed by atoms with van der Waals surface area (Å²) in [5.74, 6) is 0. The van der Waals surface area contributed by atoms with Crippen LogP contribution in [0.3, 0.4) is 0 Å². The molecular formula is C10H15N3S. The molecule has 14 heavy (non-hydrogen) atoms. The summed E-state index contributed by atoms with van der Waals surface area (Å²) in [7, 11) is 0. The molecule has 0 saturated heterocycles. The minimum atomic E-state index is 0.289. The Bertz CT molecular complexity index is 289. The molecule has 2 unspecified atom stereocenters. The number of nitriles is 1. The topological polar surface area (TPSA) is 48.7 Å². The van der Waals surface area contributed by atoms with Gasteiger partial charge in [0.25, 0.3) is 0 Å². The Balaban J connectivity index is 2.47. The SMILES string of the molecule is CCC(CC#N)NC(C)c1cncs1. The van der Waals surface area contributed by atoms with E-state index in [4.69, 9.17) is 5.26 Å². The lowest BCUT2D eigenvalue weighted by molar-refractivity contribution is 0.451. The Morgan fingerprint density at radius 2 is 2.50 bits per heavy atom. The Labute approximate surface area is 88.8 Å². The predicted molar refractivity (Wildman–Crippen MR) is 58.0 cm³/mol. The highest BCUT2D eigenvalue weighted by Gasteiger charge is 2.12. The number of hydrogen-bond donors (Lipinski definition) is 1. The fourth-order valence-electron chi connectivity index (χ4n) is 1.31. The van der Waals surface area contributed by atoms with E-state index in [1.54, 1.807) is 11.3 Å². The maximum Gasteiger partial charge on any atom is 0.0794 e. The van der Waals surface area contributed by atoms with Crippen LogP contribution in [0.15, 0.2) is 11.7 Å². The summed E-state index contributed by atoms with van der Waals surface area (Å²) in [5, 5.41) is 12.0. The molecular weight excluding hydrogens is 194 g/mol. The zero-order valence-electron chi connectivity index (χ0n) is 8.53. The highest BCUT2D eigenvalue weighted by Crippen LogP contribution is 2.17. The molecule has 1 aromatic heterocycles. The van der Waals surface area contributed by atoms with Crippen molar-refractivity contribution in [1.82, 2.24) is 10.3 Å². The van der Waals surface area contributed by atoms with E-state index < -0.39 is 0 Å². The Morgan fingerprint density at radius 3 is 3.00 bits per heavy atom. The number of hydrogen-bond acceptors (Lipinski definition) is 4. The van der Waals surface area contributed by atoms with Crippen molar-refractivity contribution < 1.29 is 0 Å². The molecule has 0 radical (unpaired) electrons. The van der Waals surface area contributed by atoms with Gasteiger partial charge in [0.1, 0.15) is 0 Å². The number of aromatic nitrogens is 1. The van der Waals surface area contributed by atoms with Crippen molar-refractivity contribution in [3.8, 4) is 6.07 Å². The first-order chi connectivity index (χ1) is 6.77. The first kappa shape index (κ1) is 11.2. The van der Waals surface area contributed by atoms with E-state index in [1.165, 1.54) is 4.88 Å². The van der Waals surface area contributed by atoms with Crippen LogP contribution < -0.4 is 5.32 Å². The van der Waals surface area contributed by atoms with Crippen molar-refractivity contribution in [3.05, 3.63) is 16.6 Å². The fraction of sp³-hybridized carbons (Fsp3) is 0.600. The van der Waals surface area contributed by atoms with Gasteiger partial charge in [0.15, 0.2) is 0 Å². The first-order valence-electron chi connectivity index (χ1n) is 4.79. The summed E-state index contributed by atoms with van der Waals surface area (Å²) in [4.78, 5) is 5.26. The van der Waals surface area contributed by atoms with Gasteiger partial charge in [-0.05, 0) is 13.3 Å². The number of nitrogens with zero attached hydrogens (tertiary/aromatic N) is 2. The molecule has 0 fully saturated rings. The van der Waals surface area contributed by atoms with Crippen LogP contribution in [0.2, 0.25) is 0 Å². The summed E-state index contributed by atoms with van der Waals surface area (Å²) in [5.41, 5.74) is 1.83. The summed E-state index contributed by atoms with van der Waals surface area (Å²) in [6.07, 6.45) is 3.43. The van der Waals surface area contributed by atoms with E-state index in [0.717, 1.165) is 6.42 Å². The minimum Gasteiger partial charge on any atom is -0.306 e. The molecule has 1 heterocycles. The summed E-state index contributed by atoms with van der Waals surface area (Å²) in [6, 6.07) is 2.78. The smallest absolute Gasteiger partial charge is 0.0794 e. The average Bonchev–Trinajstić information content (AvgIpc) is 2.69. The Morgan fingerprint density at radius 1 is 1.71 bits per heavy atom. The van der Waals surface area contributed by atoms with Gasteiger partial charge in [0, 0.05) is 23.2 Å². The lowest BCUT2D eigenvalue weighted by atomic mass is 10.1. The van der Waals surface area contributed by atoms with E-state index in [0.29, 0.717) is 12.5 Å². The summed E-state index contributed by atoms with van der Waals surface area (Å²) in [6.45, 7) is 4.20. The highest BCUT2D eigenvalue weighted by atomic mass is 32.1. The van der Waals surface area contributed by atoms with Crippen LogP contribution in [0, 0.1) is 11.3 Å². The highest BCUT2D eigenvalue weighted by molar-refractivity contribution is 7.09. The maximum atomic E-state index is 8.61. The Hall–Kier alpha value is -0.920. The molecule has 76 valence electrons. The van der Waals surface area contributed by atoms with Gasteiger partial charge in [-0.25, -0.2) is 0 Å². The zero-order chi connectivity index (χ0) is 10.4. The quantitative estimate of drug-likeness (QED) is 0.810. The van der Waals surface area contributed by atoms with Crippen molar-refractivity contribution >= 4 is 11.3 Å². The maximum absolute atomic E-state index is 8.61. The molecule has 0 aromatic carbocycles. The number of rotatable bonds is 5. The van der Waals surface area contributed by atoms with Crippen molar-refractivity contribution in [1.29, 1.82) is 5.26 Å². The van der Waals surface area contributed by atoms with E-state index >= 15 is 0 Å².